The Balaban J connectivity index is 1.56. The van der Waals surface area contributed by atoms with Crippen LogP contribution in [0.25, 0.3) is 0 Å². The van der Waals surface area contributed by atoms with Crippen molar-refractivity contribution in [2.45, 2.75) is 37.8 Å². The third-order valence-corrected chi connectivity index (χ3v) is 4.25. The smallest absolute Gasteiger partial charge is 0.251 e. The molecule has 1 heterocycles. The number of aliphatic hydroxyl groups is 1. The summed E-state index contributed by atoms with van der Waals surface area (Å²) in [4.78, 5) is 16.1. The number of hydrogen-bond donors (Lipinski definition) is 2. The highest BCUT2D eigenvalue weighted by Gasteiger charge is 2.31. The molecule has 1 aromatic carbocycles. The summed E-state index contributed by atoms with van der Waals surface area (Å²) in [6.07, 6.45) is 9.04. The van der Waals surface area contributed by atoms with E-state index in [-0.39, 0.29) is 5.91 Å². The van der Waals surface area contributed by atoms with Crippen LogP contribution in [0.2, 0.25) is 0 Å². The van der Waals surface area contributed by atoms with Crippen molar-refractivity contribution in [3.8, 4) is 0 Å². The molecule has 0 bridgehead atoms. The normalized spacial score (nSPS) is 16.6. The average molecular weight is 299 g/mol. The molecule has 1 aliphatic carbocycles. The maximum absolute atomic E-state index is 12.1. The van der Waals surface area contributed by atoms with Gasteiger partial charge >= 0.3 is 0 Å². The van der Waals surface area contributed by atoms with Crippen molar-refractivity contribution in [3.05, 3.63) is 54.1 Å². The molecule has 1 amide bonds. The van der Waals surface area contributed by atoms with E-state index in [1.165, 1.54) is 0 Å². The van der Waals surface area contributed by atoms with Gasteiger partial charge in [0.15, 0.2) is 0 Å². The van der Waals surface area contributed by atoms with E-state index in [0.717, 1.165) is 37.8 Å². The molecule has 0 radical (unpaired) electrons. The van der Waals surface area contributed by atoms with Crippen LogP contribution in [0, 0.1) is 0 Å². The molecule has 0 spiro atoms. The highest BCUT2D eigenvalue weighted by molar-refractivity contribution is 5.94. The molecule has 1 aliphatic rings. The number of amides is 1. The summed E-state index contributed by atoms with van der Waals surface area (Å²) in [5.74, 6) is -0.130. The van der Waals surface area contributed by atoms with E-state index in [4.69, 9.17) is 0 Å². The van der Waals surface area contributed by atoms with E-state index >= 15 is 0 Å². The van der Waals surface area contributed by atoms with Crippen molar-refractivity contribution in [1.82, 2.24) is 14.9 Å². The fourth-order valence-corrected chi connectivity index (χ4v) is 2.91. The van der Waals surface area contributed by atoms with Crippen LogP contribution in [-0.4, -0.2) is 32.7 Å². The molecular formula is C17H21N3O2. The fourth-order valence-electron chi connectivity index (χ4n) is 2.91. The van der Waals surface area contributed by atoms with Gasteiger partial charge in [0.05, 0.1) is 11.9 Å². The van der Waals surface area contributed by atoms with Crippen LogP contribution in [-0.2, 0) is 6.54 Å². The molecule has 5 nitrogen and oxygen atoms in total. The lowest BCUT2D eigenvalue weighted by atomic mass is 10.0. The number of carbonyl (C=O) groups is 1. The summed E-state index contributed by atoms with van der Waals surface area (Å²) in [6.45, 7) is 1.07. The lowest BCUT2D eigenvalue weighted by Gasteiger charge is -2.22. The van der Waals surface area contributed by atoms with Crippen LogP contribution in [0.4, 0.5) is 0 Å². The SMILES string of the molecule is O=C(NCC1(O)CCCC1)c1ccc(Cn2ccnc2)cc1. The van der Waals surface area contributed by atoms with Gasteiger partial charge in [0.25, 0.3) is 5.91 Å². The maximum Gasteiger partial charge on any atom is 0.251 e. The fraction of sp³-hybridized carbons (Fsp3) is 0.412. The summed E-state index contributed by atoms with van der Waals surface area (Å²) in [7, 11) is 0. The van der Waals surface area contributed by atoms with Gasteiger partial charge in [0.1, 0.15) is 0 Å². The summed E-state index contributed by atoms with van der Waals surface area (Å²) in [5, 5.41) is 13.1. The Morgan fingerprint density at radius 2 is 2.00 bits per heavy atom. The molecule has 0 saturated heterocycles. The van der Waals surface area contributed by atoms with Crippen LogP contribution < -0.4 is 5.32 Å². The molecule has 0 atom stereocenters. The molecule has 2 aromatic rings. The monoisotopic (exact) mass is 299 g/mol. The average Bonchev–Trinajstić information content (AvgIpc) is 3.18. The van der Waals surface area contributed by atoms with Crippen LogP contribution in [0.3, 0.4) is 0 Å². The van der Waals surface area contributed by atoms with Gasteiger partial charge in [-0.1, -0.05) is 25.0 Å². The van der Waals surface area contributed by atoms with Crippen molar-refractivity contribution in [1.29, 1.82) is 0 Å². The Bertz CT molecular complexity index is 614. The highest BCUT2D eigenvalue weighted by atomic mass is 16.3. The maximum atomic E-state index is 12.1. The Morgan fingerprint density at radius 3 is 2.64 bits per heavy atom. The van der Waals surface area contributed by atoms with E-state index in [1.807, 2.05) is 35.0 Å². The van der Waals surface area contributed by atoms with Gasteiger partial charge in [-0.2, -0.15) is 0 Å². The number of carbonyl (C=O) groups excluding carboxylic acids is 1. The van der Waals surface area contributed by atoms with Gasteiger partial charge in [-0.25, -0.2) is 4.98 Å². The van der Waals surface area contributed by atoms with Gasteiger partial charge in [0.2, 0.25) is 0 Å². The van der Waals surface area contributed by atoms with Crippen molar-refractivity contribution in [2.75, 3.05) is 6.54 Å². The molecule has 1 aromatic heterocycles. The van der Waals surface area contributed by atoms with Gasteiger partial charge in [0, 0.05) is 31.0 Å². The topological polar surface area (TPSA) is 67.2 Å². The molecule has 3 rings (SSSR count). The Kier molecular flexibility index (Phi) is 4.24. The van der Waals surface area contributed by atoms with E-state index in [9.17, 15) is 9.90 Å². The first-order chi connectivity index (χ1) is 10.6. The third kappa shape index (κ3) is 3.54. The molecule has 0 unspecified atom stereocenters. The second-order valence-corrected chi connectivity index (χ2v) is 6.05. The molecule has 2 N–H and O–H groups in total. The van der Waals surface area contributed by atoms with Gasteiger partial charge < -0.3 is 15.0 Å². The number of nitrogens with one attached hydrogen (secondary N) is 1. The molecule has 0 aliphatic heterocycles. The number of imidazole rings is 1. The lowest BCUT2D eigenvalue weighted by molar-refractivity contribution is 0.0449. The van der Waals surface area contributed by atoms with Crippen molar-refractivity contribution < 1.29 is 9.90 Å². The zero-order valence-electron chi connectivity index (χ0n) is 12.5. The first-order valence-electron chi connectivity index (χ1n) is 7.70. The van der Waals surface area contributed by atoms with Gasteiger partial charge in [-0.15, -0.1) is 0 Å². The highest BCUT2D eigenvalue weighted by Crippen LogP contribution is 2.28. The van der Waals surface area contributed by atoms with Crippen molar-refractivity contribution in [3.63, 3.8) is 0 Å². The van der Waals surface area contributed by atoms with Crippen LogP contribution >= 0.6 is 0 Å². The zero-order valence-corrected chi connectivity index (χ0v) is 12.5. The molecule has 116 valence electrons. The predicted octanol–water partition coefficient (Wildman–Crippen LogP) is 1.97. The van der Waals surface area contributed by atoms with Crippen LogP contribution in [0.15, 0.2) is 43.0 Å². The zero-order chi connectivity index (χ0) is 15.4. The third-order valence-electron chi connectivity index (χ3n) is 4.25. The second kappa shape index (κ2) is 6.32. The minimum Gasteiger partial charge on any atom is -0.388 e. The van der Waals surface area contributed by atoms with E-state index in [2.05, 4.69) is 10.3 Å². The number of nitrogens with zero attached hydrogens (tertiary/aromatic N) is 2. The molecular weight excluding hydrogens is 278 g/mol. The number of rotatable bonds is 5. The predicted molar refractivity (Wildman–Crippen MR) is 83.5 cm³/mol. The van der Waals surface area contributed by atoms with Gasteiger partial charge in [-0.05, 0) is 30.5 Å². The number of hydrogen-bond acceptors (Lipinski definition) is 3. The van der Waals surface area contributed by atoms with Crippen molar-refractivity contribution in [2.24, 2.45) is 0 Å². The largest absolute Gasteiger partial charge is 0.388 e. The quantitative estimate of drug-likeness (QED) is 0.887. The molecule has 22 heavy (non-hydrogen) atoms. The second-order valence-electron chi connectivity index (χ2n) is 6.05. The summed E-state index contributed by atoms with van der Waals surface area (Å²) < 4.78 is 1.98. The minimum absolute atomic E-state index is 0.130. The molecule has 5 heteroatoms. The first-order valence-corrected chi connectivity index (χ1v) is 7.70. The first kappa shape index (κ1) is 14.8. The van der Waals surface area contributed by atoms with Crippen LogP contribution in [0.5, 0.6) is 0 Å². The summed E-state index contributed by atoms with van der Waals surface area (Å²) in [5.41, 5.74) is 1.02. The summed E-state index contributed by atoms with van der Waals surface area (Å²) in [6, 6.07) is 7.53. The molecule has 1 fully saturated rings. The van der Waals surface area contributed by atoms with E-state index < -0.39 is 5.60 Å². The molecule has 1 saturated carbocycles. The Labute approximate surface area is 130 Å². The summed E-state index contributed by atoms with van der Waals surface area (Å²) >= 11 is 0. The van der Waals surface area contributed by atoms with Gasteiger partial charge in [-0.3, -0.25) is 4.79 Å². The minimum atomic E-state index is -0.711. The van der Waals surface area contributed by atoms with E-state index in [0.29, 0.717) is 12.1 Å². The van der Waals surface area contributed by atoms with E-state index in [1.54, 1.807) is 12.5 Å². The lowest BCUT2D eigenvalue weighted by Crippen LogP contribution is -2.40. The number of benzene rings is 1. The Morgan fingerprint density at radius 1 is 1.27 bits per heavy atom. The Hall–Kier alpha value is -2.14. The number of aromatic nitrogens is 2. The van der Waals surface area contributed by atoms with Crippen LogP contribution in [0.1, 0.15) is 41.6 Å². The van der Waals surface area contributed by atoms with Crippen molar-refractivity contribution >= 4 is 5.91 Å². The standard InChI is InChI=1S/C17H21N3O2/c21-16(19-12-17(22)7-1-2-8-17)15-5-3-14(4-6-15)11-20-10-9-18-13-20/h3-6,9-10,13,22H,1-2,7-8,11-12H2,(H,19,21).